The molecule has 0 radical (unpaired) electrons. The topological polar surface area (TPSA) is 91.6 Å². The Labute approximate surface area is 116 Å². The molecule has 7 nitrogen and oxygen atoms in total. The summed E-state index contributed by atoms with van der Waals surface area (Å²) < 4.78 is 1.37. The van der Waals surface area contributed by atoms with E-state index >= 15 is 0 Å². The Morgan fingerprint density at radius 1 is 1.45 bits per heavy atom. The zero-order valence-electron chi connectivity index (χ0n) is 11.4. The molecule has 1 saturated heterocycles. The number of nitrogens with one attached hydrogen (secondary N) is 1. The zero-order valence-corrected chi connectivity index (χ0v) is 11.4. The number of nitrogens with zero attached hydrogens (tertiary/aromatic N) is 2. The second-order valence-electron chi connectivity index (χ2n) is 5.19. The molecule has 0 unspecified atom stereocenters. The van der Waals surface area contributed by atoms with Crippen LogP contribution in [-0.4, -0.2) is 51.0 Å². The summed E-state index contributed by atoms with van der Waals surface area (Å²) in [5.74, 6) is -1.56. The highest BCUT2D eigenvalue weighted by Crippen LogP contribution is 2.18. The lowest BCUT2D eigenvalue weighted by molar-refractivity contribution is -0.149. The van der Waals surface area contributed by atoms with Crippen LogP contribution < -0.4 is 5.32 Å². The van der Waals surface area contributed by atoms with E-state index < -0.39 is 11.5 Å². The number of aromatic carboxylic acids is 1. The van der Waals surface area contributed by atoms with Crippen LogP contribution in [0, 0.1) is 0 Å². The molecule has 2 heterocycles. The predicted octanol–water partition coefficient (Wildman–Crippen LogP) is -0.0767. The Kier molecular flexibility index (Phi) is 3.52. The number of piperazine rings is 1. The molecule has 0 aromatic carbocycles. The summed E-state index contributed by atoms with van der Waals surface area (Å²) in [4.78, 5) is 36.6. The molecular weight excluding hydrogens is 262 g/mol. The molecule has 1 aliphatic rings. The normalized spacial score (nSPS) is 17.7. The van der Waals surface area contributed by atoms with Gasteiger partial charge in [0.2, 0.25) is 11.8 Å². The quantitative estimate of drug-likeness (QED) is 0.809. The standard InChI is InChI=1S/C13H17N3O4/c1-13(2)12(20)14-5-7-16(13)10(17)8-15-6-3-4-9(15)11(18)19/h3-4,6H,5,7-8H2,1-2H3,(H,14,20)(H,18,19). The predicted molar refractivity (Wildman–Crippen MR) is 70.2 cm³/mol. The largest absolute Gasteiger partial charge is 0.477 e. The third kappa shape index (κ3) is 2.38. The van der Waals surface area contributed by atoms with Crippen LogP contribution >= 0.6 is 0 Å². The number of amides is 2. The highest BCUT2D eigenvalue weighted by atomic mass is 16.4. The van der Waals surface area contributed by atoms with Crippen LogP contribution in [0.25, 0.3) is 0 Å². The van der Waals surface area contributed by atoms with Crippen LogP contribution in [0.4, 0.5) is 0 Å². The van der Waals surface area contributed by atoms with Crippen LogP contribution in [0.1, 0.15) is 24.3 Å². The summed E-state index contributed by atoms with van der Waals surface area (Å²) in [5, 5.41) is 11.7. The van der Waals surface area contributed by atoms with E-state index in [4.69, 9.17) is 5.11 Å². The minimum atomic E-state index is -1.08. The third-order valence-corrected chi connectivity index (χ3v) is 3.51. The molecule has 108 valence electrons. The highest BCUT2D eigenvalue weighted by molar-refractivity contribution is 5.92. The van der Waals surface area contributed by atoms with Gasteiger partial charge in [0.05, 0.1) is 0 Å². The Morgan fingerprint density at radius 3 is 2.80 bits per heavy atom. The minimum Gasteiger partial charge on any atom is -0.477 e. The van der Waals surface area contributed by atoms with Gasteiger partial charge in [-0.05, 0) is 26.0 Å². The lowest BCUT2D eigenvalue weighted by atomic mass is 9.99. The van der Waals surface area contributed by atoms with E-state index in [1.807, 2.05) is 0 Å². The number of carboxylic acids is 1. The number of carboxylic acid groups (broad SMARTS) is 1. The summed E-state index contributed by atoms with van der Waals surface area (Å²) in [5.41, 5.74) is -0.871. The molecule has 2 amide bonds. The molecule has 20 heavy (non-hydrogen) atoms. The Morgan fingerprint density at radius 2 is 2.15 bits per heavy atom. The first-order valence-electron chi connectivity index (χ1n) is 6.31. The summed E-state index contributed by atoms with van der Waals surface area (Å²) >= 11 is 0. The second kappa shape index (κ2) is 4.99. The van der Waals surface area contributed by atoms with Crippen LogP contribution in [-0.2, 0) is 16.1 Å². The van der Waals surface area contributed by atoms with Gasteiger partial charge in [-0.2, -0.15) is 0 Å². The molecule has 1 fully saturated rings. The van der Waals surface area contributed by atoms with E-state index in [2.05, 4.69) is 5.32 Å². The fourth-order valence-electron chi connectivity index (χ4n) is 2.31. The molecule has 0 saturated carbocycles. The van der Waals surface area contributed by atoms with Crippen molar-refractivity contribution in [1.29, 1.82) is 0 Å². The molecule has 0 spiro atoms. The number of aromatic nitrogens is 1. The number of hydrogen-bond donors (Lipinski definition) is 2. The van der Waals surface area contributed by atoms with Gasteiger partial charge in [0, 0.05) is 19.3 Å². The SMILES string of the molecule is CC1(C)C(=O)NCCN1C(=O)Cn1cccc1C(=O)O. The van der Waals surface area contributed by atoms with Crippen molar-refractivity contribution in [3.63, 3.8) is 0 Å². The second-order valence-corrected chi connectivity index (χ2v) is 5.19. The van der Waals surface area contributed by atoms with Gasteiger partial charge in [0.1, 0.15) is 17.8 Å². The van der Waals surface area contributed by atoms with E-state index in [0.717, 1.165) is 0 Å². The molecule has 2 N–H and O–H groups in total. The van der Waals surface area contributed by atoms with Crippen LogP contribution in [0.2, 0.25) is 0 Å². The van der Waals surface area contributed by atoms with Crippen LogP contribution in [0.5, 0.6) is 0 Å². The number of carbonyl (C=O) groups excluding carboxylic acids is 2. The highest BCUT2D eigenvalue weighted by Gasteiger charge is 2.40. The van der Waals surface area contributed by atoms with Crippen molar-refractivity contribution < 1.29 is 19.5 Å². The third-order valence-electron chi connectivity index (χ3n) is 3.51. The fourth-order valence-corrected chi connectivity index (χ4v) is 2.31. The lowest BCUT2D eigenvalue weighted by Crippen LogP contribution is -2.63. The summed E-state index contributed by atoms with van der Waals surface area (Å²) in [6.45, 7) is 4.08. The van der Waals surface area contributed by atoms with Crippen LogP contribution in [0.15, 0.2) is 18.3 Å². The molecule has 0 atom stereocenters. The molecule has 0 bridgehead atoms. The summed E-state index contributed by atoms with van der Waals surface area (Å²) in [6, 6.07) is 3.01. The fraction of sp³-hybridized carbons (Fsp3) is 0.462. The molecule has 2 rings (SSSR count). The maximum absolute atomic E-state index is 12.3. The van der Waals surface area contributed by atoms with Crippen molar-refractivity contribution in [1.82, 2.24) is 14.8 Å². The molecule has 0 aliphatic carbocycles. The zero-order chi connectivity index (χ0) is 14.9. The number of carbonyl (C=O) groups is 3. The lowest BCUT2D eigenvalue weighted by Gasteiger charge is -2.41. The van der Waals surface area contributed by atoms with E-state index in [1.54, 1.807) is 26.1 Å². The summed E-state index contributed by atoms with van der Waals surface area (Å²) in [7, 11) is 0. The van der Waals surface area contributed by atoms with E-state index in [0.29, 0.717) is 13.1 Å². The Bertz CT molecular complexity index is 562. The summed E-state index contributed by atoms with van der Waals surface area (Å²) in [6.07, 6.45) is 1.54. The van der Waals surface area contributed by atoms with Gasteiger partial charge >= 0.3 is 5.97 Å². The molecule has 1 aromatic rings. The van der Waals surface area contributed by atoms with Gasteiger partial charge in [-0.3, -0.25) is 9.59 Å². The molecule has 7 heteroatoms. The maximum atomic E-state index is 12.3. The van der Waals surface area contributed by atoms with Gasteiger partial charge in [-0.15, -0.1) is 0 Å². The first-order chi connectivity index (χ1) is 9.34. The Hall–Kier alpha value is -2.31. The average Bonchev–Trinajstić information content (AvgIpc) is 2.80. The van der Waals surface area contributed by atoms with Crippen molar-refractivity contribution in [2.24, 2.45) is 0 Å². The monoisotopic (exact) mass is 279 g/mol. The van der Waals surface area contributed by atoms with Crippen molar-refractivity contribution >= 4 is 17.8 Å². The van der Waals surface area contributed by atoms with Gasteiger partial charge in [0.25, 0.3) is 0 Å². The number of hydrogen-bond acceptors (Lipinski definition) is 3. The molecule has 1 aliphatic heterocycles. The minimum absolute atomic E-state index is 0.0533. The number of rotatable bonds is 3. The van der Waals surface area contributed by atoms with E-state index in [-0.39, 0.29) is 24.1 Å². The van der Waals surface area contributed by atoms with E-state index in [1.165, 1.54) is 15.5 Å². The van der Waals surface area contributed by atoms with Crippen molar-refractivity contribution in [3.05, 3.63) is 24.0 Å². The molecular formula is C13H17N3O4. The first kappa shape index (κ1) is 14.1. The van der Waals surface area contributed by atoms with Gasteiger partial charge in [0.15, 0.2) is 0 Å². The molecule has 1 aromatic heterocycles. The maximum Gasteiger partial charge on any atom is 0.352 e. The van der Waals surface area contributed by atoms with Gasteiger partial charge in [-0.1, -0.05) is 0 Å². The van der Waals surface area contributed by atoms with Crippen molar-refractivity contribution in [2.75, 3.05) is 13.1 Å². The van der Waals surface area contributed by atoms with Crippen LogP contribution in [0.3, 0.4) is 0 Å². The first-order valence-corrected chi connectivity index (χ1v) is 6.31. The average molecular weight is 279 g/mol. The van der Waals surface area contributed by atoms with Gasteiger partial charge < -0.3 is 19.9 Å². The van der Waals surface area contributed by atoms with Gasteiger partial charge in [-0.25, -0.2) is 4.79 Å². The van der Waals surface area contributed by atoms with E-state index in [9.17, 15) is 14.4 Å². The smallest absolute Gasteiger partial charge is 0.352 e. The Balaban J connectivity index is 2.17. The van der Waals surface area contributed by atoms with Crippen molar-refractivity contribution in [3.8, 4) is 0 Å². The van der Waals surface area contributed by atoms with Crippen molar-refractivity contribution in [2.45, 2.75) is 25.9 Å².